The average molecular weight is 486 g/mol. The van der Waals surface area contributed by atoms with Crippen LogP contribution in [-0.4, -0.2) is 37.1 Å². The molecule has 0 heterocycles. The van der Waals surface area contributed by atoms with Gasteiger partial charge in [0.05, 0.1) is 37.1 Å². The fraction of sp³-hybridized carbons (Fsp3) is 0.833. The summed E-state index contributed by atoms with van der Waals surface area (Å²) in [5.41, 5.74) is 0. The van der Waals surface area contributed by atoms with Crippen LogP contribution in [0.2, 0.25) is 0 Å². The Balaban J connectivity index is 6.15. The Labute approximate surface area is 149 Å². The molecule has 0 aliphatic rings. The van der Waals surface area contributed by atoms with Crippen molar-refractivity contribution in [2.75, 3.05) is 37.1 Å². The van der Waals surface area contributed by atoms with Gasteiger partial charge in [-0.05, 0) is 27.7 Å². The van der Waals surface area contributed by atoms with Crippen LogP contribution >= 0.6 is 47.1 Å². The molecule has 0 fully saturated rings. The van der Waals surface area contributed by atoms with Crippen molar-refractivity contribution in [2.45, 2.75) is 27.7 Å². The van der Waals surface area contributed by atoms with Crippen LogP contribution in [0.1, 0.15) is 27.7 Å². The summed E-state index contributed by atoms with van der Waals surface area (Å²) in [6, 6.07) is 0. The standard InChI is InChI=1S/C12H24Br2O6P2/c1-5-17-21(15,18-6-2)11(9-13)12(10-14)22(16,19-7-3)20-8-4/h5-10H2,1-4H3. The minimum Gasteiger partial charge on any atom is -0.306 e. The van der Waals surface area contributed by atoms with Gasteiger partial charge in [0.15, 0.2) is 0 Å². The maximum Gasteiger partial charge on any atom is 0.358 e. The van der Waals surface area contributed by atoms with Crippen molar-refractivity contribution in [3.63, 3.8) is 0 Å². The molecular formula is C12H24Br2O6P2. The summed E-state index contributed by atoms with van der Waals surface area (Å²) >= 11 is 6.57. The van der Waals surface area contributed by atoms with Crippen LogP contribution in [0.4, 0.5) is 0 Å². The van der Waals surface area contributed by atoms with Crippen molar-refractivity contribution in [3.8, 4) is 0 Å². The second-order valence-corrected chi connectivity index (χ2v) is 9.05. The Kier molecular flexibility index (Phi) is 12.1. The molecule has 0 aromatic rings. The molecule has 0 atom stereocenters. The van der Waals surface area contributed by atoms with Crippen molar-refractivity contribution < 1.29 is 27.2 Å². The number of hydrogen-bond donors (Lipinski definition) is 0. The minimum absolute atomic E-state index is 0.176. The van der Waals surface area contributed by atoms with Crippen molar-refractivity contribution in [3.05, 3.63) is 10.6 Å². The number of halogens is 2. The molecule has 22 heavy (non-hydrogen) atoms. The predicted octanol–water partition coefficient (Wildman–Crippen LogP) is 5.52. The molecule has 0 aromatic heterocycles. The lowest BCUT2D eigenvalue weighted by Crippen LogP contribution is -2.07. The summed E-state index contributed by atoms with van der Waals surface area (Å²) in [4.78, 5) is 0. The summed E-state index contributed by atoms with van der Waals surface area (Å²) < 4.78 is 47.4. The molecule has 0 aliphatic heterocycles. The van der Waals surface area contributed by atoms with E-state index in [-0.39, 0.29) is 47.7 Å². The van der Waals surface area contributed by atoms with Crippen LogP contribution in [0.5, 0.6) is 0 Å². The van der Waals surface area contributed by atoms with E-state index < -0.39 is 15.2 Å². The van der Waals surface area contributed by atoms with E-state index in [1.54, 1.807) is 27.7 Å². The van der Waals surface area contributed by atoms with E-state index in [1.807, 2.05) is 0 Å². The SMILES string of the molecule is CCOP(=O)(OCC)C(CBr)=C(CBr)P(=O)(OCC)OCC. The maximum atomic E-state index is 13.0. The van der Waals surface area contributed by atoms with E-state index in [9.17, 15) is 9.13 Å². The first-order valence-corrected chi connectivity index (χ1v) is 12.3. The van der Waals surface area contributed by atoms with Gasteiger partial charge < -0.3 is 18.1 Å². The molecule has 0 radical (unpaired) electrons. The van der Waals surface area contributed by atoms with E-state index in [1.165, 1.54) is 0 Å². The Morgan fingerprint density at radius 3 is 1.05 bits per heavy atom. The van der Waals surface area contributed by atoms with Gasteiger partial charge in [-0.15, -0.1) is 0 Å². The third kappa shape index (κ3) is 6.14. The van der Waals surface area contributed by atoms with E-state index in [0.29, 0.717) is 0 Å². The fourth-order valence-electron chi connectivity index (χ4n) is 1.68. The first-order valence-electron chi connectivity index (χ1n) is 7.02. The highest BCUT2D eigenvalue weighted by molar-refractivity contribution is 9.09. The largest absolute Gasteiger partial charge is 0.358 e. The van der Waals surface area contributed by atoms with Gasteiger partial charge in [-0.1, -0.05) is 31.9 Å². The van der Waals surface area contributed by atoms with Gasteiger partial charge in [0, 0.05) is 10.7 Å². The van der Waals surface area contributed by atoms with E-state index >= 15 is 0 Å². The van der Waals surface area contributed by atoms with Gasteiger partial charge in [-0.2, -0.15) is 0 Å². The quantitative estimate of drug-likeness (QED) is 0.268. The minimum atomic E-state index is -3.58. The normalized spacial score (nSPS) is 14.1. The molecule has 6 nitrogen and oxygen atoms in total. The zero-order chi connectivity index (χ0) is 17.2. The van der Waals surface area contributed by atoms with Crippen LogP contribution in [0.25, 0.3) is 0 Å². The number of rotatable bonds is 12. The third-order valence-electron chi connectivity index (χ3n) is 2.44. The smallest absolute Gasteiger partial charge is 0.306 e. The molecule has 0 spiro atoms. The molecule has 132 valence electrons. The Morgan fingerprint density at radius 2 is 0.909 bits per heavy atom. The molecule has 0 saturated heterocycles. The molecule has 0 unspecified atom stereocenters. The Hall–Kier alpha value is 1.00. The second-order valence-electron chi connectivity index (χ2n) is 3.83. The first kappa shape index (κ1) is 23.0. The van der Waals surface area contributed by atoms with E-state index in [2.05, 4.69) is 31.9 Å². The molecule has 0 aliphatic carbocycles. The summed E-state index contributed by atoms with van der Waals surface area (Å²) in [5.74, 6) is 0. The number of allylic oxidation sites excluding steroid dienone is 2. The lowest BCUT2D eigenvalue weighted by Gasteiger charge is -2.25. The summed E-state index contributed by atoms with van der Waals surface area (Å²) in [6.45, 7) is 7.69. The van der Waals surface area contributed by atoms with Gasteiger partial charge in [0.1, 0.15) is 0 Å². The molecule has 0 amide bonds. The van der Waals surface area contributed by atoms with Crippen LogP contribution in [-0.2, 0) is 27.2 Å². The van der Waals surface area contributed by atoms with Gasteiger partial charge >= 0.3 is 15.2 Å². The Morgan fingerprint density at radius 1 is 0.682 bits per heavy atom. The van der Waals surface area contributed by atoms with Gasteiger partial charge in [0.25, 0.3) is 0 Å². The second kappa shape index (κ2) is 11.5. The highest BCUT2D eigenvalue weighted by Crippen LogP contribution is 2.66. The zero-order valence-corrected chi connectivity index (χ0v) is 18.3. The van der Waals surface area contributed by atoms with E-state index in [4.69, 9.17) is 18.1 Å². The topological polar surface area (TPSA) is 71.1 Å². The van der Waals surface area contributed by atoms with Crippen LogP contribution < -0.4 is 0 Å². The predicted molar refractivity (Wildman–Crippen MR) is 96.3 cm³/mol. The molecule has 0 aromatic carbocycles. The highest BCUT2D eigenvalue weighted by atomic mass is 79.9. The van der Waals surface area contributed by atoms with Crippen molar-refractivity contribution >= 4 is 47.1 Å². The molecule has 0 bridgehead atoms. The van der Waals surface area contributed by atoms with Gasteiger partial charge in [-0.3, -0.25) is 9.13 Å². The Bertz CT molecular complexity index is 395. The monoisotopic (exact) mass is 484 g/mol. The first-order chi connectivity index (χ1) is 10.4. The van der Waals surface area contributed by atoms with Crippen LogP contribution in [0, 0.1) is 0 Å². The third-order valence-corrected chi connectivity index (χ3v) is 9.18. The van der Waals surface area contributed by atoms with Gasteiger partial charge in [0.2, 0.25) is 0 Å². The highest BCUT2D eigenvalue weighted by Gasteiger charge is 2.39. The average Bonchev–Trinajstić information content (AvgIpc) is 2.45. The van der Waals surface area contributed by atoms with Gasteiger partial charge in [-0.25, -0.2) is 0 Å². The zero-order valence-electron chi connectivity index (χ0n) is 13.3. The van der Waals surface area contributed by atoms with E-state index in [0.717, 1.165) is 0 Å². The van der Waals surface area contributed by atoms with Crippen molar-refractivity contribution in [1.82, 2.24) is 0 Å². The summed E-state index contributed by atoms with van der Waals surface area (Å²) in [5, 5.41) is 0.904. The molecular weight excluding hydrogens is 462 g/mol. The molecule has 0 rings (SSSR count). The lowest BCUT2D eigenvalue weighted by molar-refractivity contribution is 0.221. The number of alkyl halides is 2. The van der Waals surface area contributed by atoms with Crippen LogP contribution in [0.3, 0.4) is 0 Å². The maximum absolute atomic E-state index is 13.0. The fourth-order valence-corrected chi connectivity index (χ4v) is 8.59. The summed E-state index contributed by atoms with van der Waals surface area (Å²) in [6.07, 6.45) is 0. The van der Waals surface area contributed by atoms with Crippen molar-refractivity contribution in [2.24, 2.45) is 0 Å². The number of hydrogen-bond acceptors (Lipinski definition) is 6. The lowest BCUT2D eigenvalue weighted by atomic mass is 10.6. The van der Waals surface area contributed by atoms with Crippen molar-refractivity contribution in [1.29, 1.82) is 0 Å². The van der Waals surface area contributed by atoms with Crippen LogP contribution in [0.15, 0.2) is 10.6 Å². The molecule has 10 heteroatoms. The molecule has 0 N–H and O–H groups in total. The molecule has 0 saturated carbocycles. The summed E-state index contributed by atoms with van der Waals surface area (Å²) in [7, 11) is -7.15.